The highest BCUT2D eigenvalue weighted by Gasteiger charge is 2.43. The number of ether oxygens (including phenoxy) is 1. The first kappa shape index (κ1) is 14.9. The van der Waals surface area contributed by atoms with Crippen LogP contribution < -0.4 is 4.74 Å². The van der Waals surface area contributed by atoms with Crippen molar-refractivity contribution in [1.82, 2.24) is 4.90 Å². The first-order valence-electron chi connectivity index (χ1n) is 8.14. The Balaban J connectivity index is 1.92. The highest BCUT2D eigenvalue weighted by atomic mass is 16.5. The molecule has 0 radical (unpaired) electrons. The summed E-state index contributed by atoms with van der Waals surface area (Å²) >= 11 is 0. The molecule has 3 heteroatoms. The summed E-state index contributed by atoms with van der Waals surface area (Å²) in [6.07, 6.45) is 5.14. The molecule has 1 aliphatic heterocycles. The van der Waals surface area contributed by atoms with Gasteiger partial charge in [0.05, 0.1) is 18.2 Å². The first-order valence-corrected chi connectivity index (χ1v) is 8.14. The third-order valence-electron chi connectivity index (χ3n) is 5.44. The van der Waals surface area contributed by atoms with Gasteiger partial charge in [0.1, 0.15) is 5.75 Å². The molecule has 0 spiro atoms. The molecule has 1 aromatic rings. The Morgan fingerprint density at radius 1 is 1.38 bits per heavy atom. The number of hydrogen-bond acceptors (Lipinski definition) is 3. The molecule has 0 amide bonds. The topological polar surface area (TPSA) is 32.7 Å². The van der Waals surface area contributed by atoms with Crippen LogP contribution in [0.5, 0.6) is 5.75 Å². The van der Waals surface area contributed by atoms with E-state index in [1.807, 2.05) is 12.1 Å². The fourth-order valence-electron chi connectivity index (χ4n) is 4.15. The standard InChI is InChI=1S/C18H27NO2/c1-13-5-4-9-18(12-13,19(2)3)17(20)15-6-7-16-14(11-15)8-10-21-16/h6-7,11,13,17,20H,4-5,8-10,12H2,1-3H3. The molecule has 0 saturated heterocycles. The lowest BCUT2D eigenvalue weighted by Gasteiger charge is -2.48. The maximum atomic E-state index is 11.1. The van der Waals surface area contributed by atoms with Gasteiger partial charge in [0.15, 0.2) is 0 Å². The molecule has 1 N–H and O–H groups in total. The van der Waals surface area contributed by atoms with Gasteiger partial charge in [-0.2, -0.15) is 0 Å². The van der Waals surface area contributed by atoms with Gasteiger partial charge in [-0.15, -0.1) is 0 Å². The molecule has 21 heavy (non-hydrogen) atoms. The van der Waals surface area contributed by atoms with Crippen molar-refractivity contribution < 1.29 is 9.84 Å². The fraction of sp³-hybridized carbons (Fsp3) is 0.667. The Morgan fingerprint density at radius 2 is 2.19 bits per heavy atom. The zero-order valence-corrected chi connectivity index (χ0v) is 13.4. The lowest BCUT2D eigenvalue weighted by atomic mass is 9.70. The smallest absolute Gasteiger partial charge is 0.122 e. The SMILES string of the molecule is CC1CCCC(C(O)c2ccc3c(c2)CCO3)(N(C)C)C1. The Hall–Kier alpha value is -1.06. The minimum Gasteiger partial charge on any atom is -0.493 e. The third-order valence-corrected chi connectivity index (χ3v) is 5.44. The van der Waals surface area contributed by atoms with Crippen LogP contribution in [0.15, 0.2) is 18.2 Å². The zero-order valence-electron chi connectivity index (χ0n) is 13.4. The highest BCUT2D eigenvalue weighted by Crippen LogP contribution is 2.44. The summed E-state index contributed by atoms with van der Waals surface area (Å²) in [6.45, 7) is 3.07. The van der Waals surface area contributed by atoms with Crippen LogP contribution in [0, 0.1) is 5.92 Å². The maximum Gasteiger partial charge on any atom is 0.122 e. The molecule has 1 saturated carbocycles. The van der Waals surface area contributed by atoms with Crippen molar-refractivity contribution in [3.05, 3.63) is 29.3 Å². The molecule has 3 atom stereocenters. The van der Waals surface area contributed by atoms with Crippen LogP contribution in [-0.4, -0.2) is 36.2 Å². The molecule has 3 rings (SSSR count). The normalized spacial score (nSPS) is 30.0. The monoisotopic (exact) mass is 289 g/mol. The molecular weight excluding hydrogens is 262 g/mol. The van der Waals surface area contributed by atoms with Gasteiger partial charge in [0.25, 0.3) is 0 Å². The molecule has 1 aromatic carbocycles. The Kier molecular flexibility index (Phi) is 3.98. The minimum absolute atomic E-state index is 0.134. The second kappa shape index (κ2) is 5.62. The van der Waals surface area contributed by atoms with Crippen molar-refractivity contribution in [2.24, 2.45) is 5.92 Å². The maximum absolute atomic E-state index is 11.1. The van der Waals surface area contributed by atoms with Gasteiger partial charge >= 0.3 is 0 Å². The Bertz CT molecular complexity index is 514. The van der Waals surface area contributed by atoms with Crippen LogP contribution in [0.4, 0.5) is 0 Å². The summed E-state index contributed by atoms with van der Waals surface area (Å²) in [7, 11) is 4.22. The number of nitrogens with zero attached hydrogens (tertiary/aromatic N) is 1. The van der Waals surface area contributed by atoms with Crippen molar-refractivity contribution in [1.29, 1.82) is 0 Å². The average Bonchev–Trinajstić information content (AvgIpc) is 2.93. The van der Waals surface area contributed by atoms with E-state index in [9.17, 15) is 5.11 Å². The van der Waals surface area contributed by atoms with Crippen LogP contribution in [0.25, 0.3) is 0 Å². The van der Waals surface area contributed by atoms with Crippen molar-refractivity contribution in [2.75, 3.05) is 20.7 Å². The van der Waals surface area contributed by atoms with Gasteiger partial charge in [0.2, 0.25) is 0 Å². The van der Waals surface area contributed by atoms with Gasteiger partial charge in [-0.1, -0.05) is 25.8 Å². The van der Waals surface area contributed by atoms with Gasteiger partial charge in [-0.05, 0) is 56.1 Å². The predicted octanol–water partition coefficient (Wildman–Crippen LogP) is 3.17. The van der Waals surface area contributed by atoms with E-state index in [-0.39, 0.29) is 5.54 Å². The number of aliphatic hydroxyl groups excluding tert-OH is 1. The lowest BCUT2D eigenvalue weighted by molar-refractivity contribution is -0.0451. The summed E-state index contributed by atoms with van der Waals surface area (Å²) in [5.74, 6) is 1.66. The van der Waals surface area contributed by atoms with Crippen LogP contribution in [0.1, 0.15) is 49.8 Å². The van der Waals surface area contributed by atoms with Gasteiger partial charge < -0.3 is 14.7 Å². The average molecular weight is 289 g/mol. The van der Waals surface area contributed by atoms with Gasteiger partial charge in [0, 0.05) is 6.42 Å². The molecule has 0 bridgehead atoms. The lowest BCUT2D eigenvalue weighted by Crippen LogP contribution is -2.52. The summed E-state index contributed by atoms with van der Waals surface area (Å²) in [5.41, 5.74) is 2.15. The van der Waals surface area contributed by atoms with Gasteiger partial charge in [-0.25, -0.2) is 0 Å². The fourth-order valence-corrected chi connectivity index (χ4v) is 4.15. The molecule has 3 nitrogen and oxygen atoms in total. The number of aliphatic hydroxyl groups is 1. The van der Waals surface area contributed by atoms with Crippen molar-refractivity contribution in [3.63, 3.8) is 0 Å². The van der Waals surface area contributed by atoms with Crippen LogP contribution in [0.3, 0.4) is 0 Å². The second-order valence-corrected chi connectivity index (χ2v) is 7.07. The van der Waals surface area contributed by atoms with E-state index in [4.69, 9.17) is 4.74 Å². The molecule has 116 valence electrons. The van der Waals surface area contributed by atoms with E-state index in [1.54, 1.807) is 0 Å². The third kappa shape index (κ3) is 2.58. The number of rotatable bonds is 3. The van der Waals surface area contributed by atoms with E-state index in [0.717, 1.165) is 37.2 Å². The van der Waals surface area contributed by atoms with E-state index >= 15 is 0 Å². The molecule has 3 unspecified atom stereocenters. The number of hydrogen-bond donors (Lipinski definition) is 1. The quantitative estimate of drug-likeness (QED) is 0.927. The van der Waals surface area contributed by atoms with E-state index in [1.165, 1.54) is 18.4 Å². The zero-order chi connectivity index (χ0) is 15.0. The summed E-state index contributed by atoms with van der Waals surface area (Å²) < 4.78 is 5.58. The molecule has 1 fully saturated rings. The Morgan fingerprint density at radius 3 is 2.90 bits per heavy atom. The number of likely N-dealkylation sites (N-methyl/N-ethyl adjacent to an activating group) is 1. The van der Waals surface area contributed by atoms with E-state index in [2.05, 4.69) is 32.0 Å². The van der Waals surface area contributed by atoms with Crippen molar-refractivity contribution in [3.8, 4) is 5.75 Å². The number of fused-ring (bicyclic) bond motifs is 1. The minimum atomic E-state index is -0.429. The first-order chi connectivity index (χ1) is 10.0. The second-order valence-electron chi connectivity index (χ2n) is 7.07. The largest absolute Gasteiger partial charge is 0.493 e. The van der Waals surface area contributed by atoms with Crippen LogP contribution in [-0.2, 0) is 6.42 Å². The molecule has 1 heterocycles. The number of benzene rings is 1. The molecular formula is C18H27NO2. The summed E-state index contributed by atoms with van der Waals surface area (Å²) in [6, 6.07) is 6.22. The molecule has 0 aromatic heterocycles. The van der Waals surface area contributed by atoms with Crippen LogP contribution in [0.2, 0.25) is 0 Å². The van der Waals surface area contributed by atoms with E-state index in [0.29, 0.717) is 5.92 Å². The summed E-state index contributed by atoms with van der Waals surface area (Å²) in [4.78, 5) is 2.25. The van der Waals surface area contributed by atoms with Crippen molar-refractivity contribution in [2.45, 2.75) is 50.7 Å². The Labute approximate surface area is 127 Å². The van der Waals surface area contributed by atoms with Crippen LogP contribution >= 0.6 is 0 Å². The van der Waals surface area contributed by atoms with Gasteiger partial charge in [-0.3, -0.25) is 0 Å². The highest BCUT2D eigenvalue weighted by molar-refractivity contribution is 5.41. The summed E-state index contributed by atoms with van der Waals surface area (Å²) in [5, 5.41) is 11.1. The van der Waals surface area contributed by atoms with Crippen molar-refractivity contribution >= 4 is 0 Å². The molecule has 1 aliphatic carbocycles. The molecule has 2 aliphatic rings. The predicted molar refractivity (Wildman–Crippen MR) is 84.7 cm³/mol. The van der Waals surface area contributed by atoms with E-state index < -0.39 is 6.10 Å².